The fourth-order valence-corrected chi connectivity index (χ4v) is 3.01. The van der Waals surface area contributed by atoms with Gasteiger partial charge in [0.15, 0.2) is 0 Å². The Balaban J connectivity index is 1.79. The average Bonchev–Trinajstić information content (AvgIpc) is 3.08. The predicted octanol–water partition coefficient (Wildman–Crippen LogP) is 2.00. The molecule has 29 heavy (non-hydrogen) atoms. The van der Waals surface area contributed by atoms with Gasteiger partial charge in [-0.25, -0.2) is 9.40 Å². The van der Waals surface area contributed by atoms with E-state index in [-0.39, 0.29) is 18.3 Å². The number of hydrogen-bond acceptors (Lipinski definition) is 7. The minimum absolute atomic E-state index is 0.196. The number of pyridine rings is 1. The highest BCUT2D eigenvalue weighted by Gasteiger charge is 2.29. The lowest BCUT2D eigenvalue weighted by molar-refractivity contribution is -0.00177. The Kier molecular flexibility index (Phi) is 6.09. The zero-order chi connectivity index (χ0) is 21.2. The summed E-state index contributed by atoms with van der Waals surface area (Å²) in [5, 5.41) is 25.1. The van der Waals surface area contributed by atoms with E-state index in [1.807, 2.05) is 13.0 Å². The van der Waals surface area contributed by atoms with Crippen LogP contribution in [0.25, 0.3) is 5.70 Å². The minimum atomic E-state index is -1.59. The Bertz CT molecular complexity index is 880. The van der Waals surface area contributed by atoms with Gasteiger partial charge in [-0.15, -0.1) is 0 Å². The summed E-state index contributed by atoms with van der Waals surface area (Å²) in [7, 11) is 0. The second-order valence-electron chi connectivity index (χ2n) is 7.26. The maximum absolute atomic E-state index is 13.9. The minimum Gasteiger partial charge on any atom is -0.387 e. The molecule has 4 N–H and O–H groups in total. The lowest BCUT2D eigenvalue weighted by Gasteiger charge is -2.24. The van der Waals surface area contributed by atoms with Gasteiger partial charge in [-0.3, -0.25) is 9.78 Å². The second-order valence-corrected chi connectivity index (χ2v) is 7.69. The molecule has 0 fully saturated rings. The van der Waals surface area contributed by atoms with E-state index in [1.54, 1.807) is 23.5 Å². The number of nitrogens with one attached hydrogen (secondary N) is 3. The van der Waals surface area contributed by atoms with Crippen LogP contribution in [0.1, 0.15) is 36.8 Å². The third-order valence-electron chi connectivity index (χ3n) is 4.51. The van der Waals surface area contributed by atoms with Crippen molar-refractivity contribution in [3.63, 3.8) is 0 Å². The topological polar surface area (TPSA) is 102 Å². The van der Waals surface area contributed by atoms with E-state index in [2.05, 4.69) is 26.0 Å². The SMILES string of the molecule is CCNc1cc(C2=CNC3C=C(Cl)C=NN23)ncc1C(=O)NCC(F)C(C)(C)O. The van der Waals surface area contributed by atoms with E-state index in [0.717, 1.165) is 5.70 Å². The van der Waals surface area contributed by atoms with E-state index in [0.29, 0.717) is 23.0 Å². The number of hydrazone groups is 1. The number of rotatable bonds is 7. The maximum Gasteiger partial charge on any atom is 0.255 e. The van der Waals surface area contributed by atoms with Crippen molar-refractivity contribution in [3.05, 3.63) is 40.8 Å². The molecule has 1 aromatic heterocycles. The Morgan fingerprint density at radius 1 is 1.52 bits per heavy atom. The third kappa shape index (κ3) is 4.68. The Labute approximate surface area is 173 Å². The second kappa shape index (κ2) is 8.38. The number of halogens is 2. The summed E-state index contributed by atoms with van der Waals surface area (Å²) in [6.07, 6.45) is 4.79. The molecule has 3 heterocycles. The van der Waals surface area contributed by atoms with E-state index >= 15 is 0 Å². The largest absolute Gasteiger partial charge is 0.387 e. The first kappa shape index (κ1) is 21.1. The summed E-state index contributed by atoms with van der Waals surface area (Å²) < 4.78 is 13.9. The molecule has 0 spiro atoms. The number of allylic oxidation sites excluding steroid dienone is 1. The first-order chi connectivity index (χ1) is 13.7. The molecule has 8 nitrogen and oxygen atoms in total. The normalized spacial score (nSPS) is 19.1. The van der Waals surface area contributed by atoms with E-state index in [9.17, 15) is 14.3 Å². The molecule has 0 bridgehead atoms. The number of aromatic nitrogens is 1. The van der Waals surface area contributed by atoms with Crippen LogP contribution in [0.2, 0.25) is 0 Å². The van der Waals surface area contributed by atoms with Crippen molar-refractivity contribution in [3.8, 4) is 0 Å². The van der Waals surface area contributed by atoms with Crippen LogP contribution in [-0.4, -0.2) is 58.2 Å². The van der Waals surface area contributed by atoms with E-state index in [1.165, 1.54) is 20.0 Å². The number of anilines is 1. The highest BCUT2D eigenvalue weighted by atomic mass is 35.5. The Morgan fingerprint density at radius 3 is 2.97 bits per heavy atom. The van der Waals surface area contributed by atoms with Crippen molar-refractivity contribution < 1.29 is 14.3 Å². The summed E-state index contributed by atoms with van der Waals surface area (Å²) in [6.45, 7) is 4.89. The fraction of sp³-hybridized carbons (Fsp3) is 0.421. The van der Waals surface area contributed by atoms with Crippen LogP contribution >= 0.6 is 11.6 Å². The predicted molar refractivity (Wildman–Crippen MR) is 111 cm³/mol. The first-order valence-electron chi connectivity index (χ1n) is 9.26. The maximum atomic E-state index is 13.9. The van der Waals surface area contributed by atoms with Gasteiger partial charge in [0.25, 0.3) is 5.91 Å². The van der Waals surface area contributed by atoms with Crippen molar-refractivity contribution in [2.75, 3.05) is 18.4 Å². The molecule has 1 aromatic rings. The quantitative estimate of drug-likeness (QED) is 0.536. The lowest BCUT2D eigenvalue weighted by Crippen LogP contribution is -2.42. The average molecular weight is 423 g/mol. The molecule has 2 aliphatic heterocycles. The highest BCUT2D eigenvalue weighted by molar-refractivity contribution is 6.39. The van der Waals surface area contributed by atoms with Crippen molar-refractivity contribution in [2.45, 2.75) is 38.7 Å². The highest BCUT2D eigenvalue weighted by Crippen LogP contribution is 2.29. The van der Waals surface area contributed by atoms with Crippen molar-refractivity contribution in [2.24, 2.45) is 5.10 Å². The van der Waals surface area contributed by atoms with Gasteiger partial charge in [-0.2, -0.15) is 5.10 Å². The molecule has 10 heteroatoms. The Hall–Kier alpha value is -2.65. The molecule has 2 atom stereocenters. The number of carbonyl (C=O) groups is 1. The molecular weight excluding hydrogens is 399 g/mol. The van der Waals surface area contributed by atoms with E-state index in [4.69, 9.17) is 11.6 Å². The number of alkyl halides is 1. The zero-order valence-corrected chi connectivity index (χ0v) is 17.2. The van der Waals surface area contributed by atoms with Crippen LogP contribution in [0.5, 0.6) is 0 Å². The van der Waals surface area contributed by atoms with Crippen molar-refractivity contribution in [1.29, 1.82) is 0 Å². The molecule has 3 rings (SSSR count). The number of aliphatic hydroxyl groups is 1. The van der Waals surface area contributed by atoms with Crippen molar-refractivity contribution >= 4 is 35.1 Å². The fourth-order valence-electron chi connectivity index (χ4n) is 2.85. The summed E-state index contributed by atoms with van der Waals surface area (Å²) >= 11 is 5.99. The molecule has 156 valence electrons. The molecular formula is C19H24ClFN6O2. The van der Waals surface area contributed by atoms with Crippen LogP contribution in [0.3, 0.4) is 0 Å². The number of amides is 1. The van der Waals surface area contributed by atoms with Crippen LogP contribution in [0.15, 0.2) is 34.7 Å². The smallest absolute Gasteiger partial charge is 0.255 e. The first-order valence-corrected chi connectivity index (χ1v) is 9.64. The third-order valence-corrected chi connectivity index (χ3v) is 4.73. The van der Waals surface area contributed by atoms with Gasteiger partial charge >= 0.3 is 0 Å². The van der Waals surface area contributed by atoms with Gasteiger partial charge in [0.2, 0.25) is 0 Å². The van der Waals surface area contributed by atoms with Crippen LogP contribution < -0.4 is 16.0 Å². The number of fused-ring (bicyclic) bond motifs is 1. The molecule has 0 aromatic carbocycles. The van der Waals surface area contributed by atoms with Gasteiger partial charge in [-0.05, 0) is 32.9 Å². The lowest BCUT2D eigenvalue weighted by atomic mass is 10.0. The molecule has 2 unspecified atom stereocenters. The van der Waals surface area contributed by atoms with Crippen LogP contribution in [0, 0.1) is 0 Å². The van der Waals surface area contributed by atoms with Crippen molar-refractivity contribution in [1.82, 2.24) is 20.6 Å². The van der Waals surface area contributed by atoms with E-state index < -0.39 is 17.7 Å². The zero-order valence-electron chi connectivity index (χ0n) is 16.4. The summed E-state index contributed by atoms with van der Waals surface area (Å²) in [6, 6.07) is 1.74. The van der Waals surface area contributed by atoms with Gasteiger partial charge in [0.1, 0.15) is 18.0 Å². The van der Waals surface area contributed by atoms with Crippen LogP contribution in [0.4, 0.5) is 10.1 Å². The molecule has 0 saturated heterocycles. The van der Waals surface area contributed by atoms with Gasteiger partial charge in [-0.1, -0.05) is 11.6 Å². The number of nitrogens with zero attached hydrogens (tertiary/aromatic N) is 3. The number of hydrogen-bond donors (Lipinski definition) is 4. The molecule has 0 radical (unpaired) electrons. The number of carbonyl (C=O) groups excluding carboxylic acids is 1. The van der Waals surface area contributed by atoms with Gasteiger partial charge in [0.05, 0.1) is 40.3 Å². The monoisotopic (exact) mass is 422 g/mol. The Morgan fingerprint density at radius 2 is 2.28 bits per heavy atom. The van der Waals surface area contributed by atoms with Gasteiger partial charge < -0.3 is 21.1 Å². The summed E-state index contributed by atoms with van der Waals surface area (Å²) in [5.74, 6) is -0.478. The standard InChI is InChI=1S/C19H24ClFN6O2/c1-4-22-13-6-14(15-9-24-17-5-11(20)7-26-27(15)17)23-8-12(13)18(28)25-10-16(21)19(2,3)29/h5-9,16-17,24,29H,4,10H2,1-3H3,(H,22,23)(H,25,28). The summed E-state index contributed by atoms with van der Waals surface area (Å²) in [4.78, 5) is 16.9. The molecule has 0 saturated carbocycles. The molecule has 1 amide bonds. The van der Waals surface area contributed by atoms with Crippen LogP contribution in [-0.2, 0) is 0 Å². The molecule has 0 aliphatic carbocycles. The molecule has 2 aliphatic rings. The van der Waals surface area contributed by atoms with Gasteiger partial charge in [0, 0.05) is 18.9 Å². The summed E-state index contributed by atoms with van der Waals surface area (Å²) in [5.41, 5.74) is 0.642.